The lowest BCUT2D eigenvalue weighted by Gasteiger charge is -1.98. The van der Waals surface area contributed by atoms with Gasteiger partial charge in [-0.2, -0.15) is 0 Å². The Balaban J connectivity index is 1.78. The Morgan fingerprint density at radius 1 is 1.26 bits per heavy atom. The predicted molar refractivity (Wildman–Crippen MR) is 76.8 cm³/mol. The molecule has 0 spiro atoms. The quantitative estimate of drug-likeness (QED) is 0.741. The van der Waals surface area contributed by atoms with Crippen molar-refractivity contribution in [3.63, 3.8) is 0 Å². The Bertz CT molecular complexity index is 643. The third kappa shape index (κ3) is 2.71. The number of aromatic nitrogens is 4. The van der Waals surface area contributed by atoms with Gasteiger partial charge in [0.1, 0.15) is 5.82 Å². The fourth-order valence-corrected chi connectivity index (χ4v) is 2.68. The van der Waals surface area contributed by atoms with Crippen LogP contribution in [-0.2, 0) is 12.8 Å². The van der Waals surface area contributed by atoms with Gasteiger partial charge >= 0.3 is 0 Å². The molecule has 0 aliphatic heterocycles. The van der Waals surface area contributed by atoms with E-state index in [0.29, 0.717) is 0 Å². The summed E-state index contributed by atoms with van der Waals surface area (Å²) < 4.78 is 2.05. The lowest BCUT2D eigenvalue weighted by Crippen LogP contribution is -1.90. The van der Waals surface area contributed by atoms with Crippen LogP contribution >= 0.6 is 11.8 Å². The molecule has 2 heterocycles. The van der Waals surface area contributed by atoms with Gasteiger partial charge < -0.3 is 9.55 Å². The average molecular weight is 270 g/mol. The van der Waals surface area contributed by atoms with Crippen molar-refractivity contribution in [3.05, 3.63) is 54.7 Å². The normalized spacial score (nSPS) is 10.8. The van der Waals surface area contributed by atoms with Gasteiger partial charge in [0.05, 0.1) is 11.4 Å². The van der Waals surface area contributed by atoms with E-state index >= 15 is 0 Å². The molecule has 96 valence electrons. The van der Waals surface area contributed by atoms with Crippen molar-refractivity contribution in [2.24, 2.45) is 7.05 Å². The Hall–Kier alpha value is -2.01. The van der Waals surface area contributed by atoms with Gasteiger partial charge in [-0.1, -0.05) is 42.1 Å². The number of hydrogen-bond donors (Lipinski definition) is 1. The number of imidazole rings is 2. The second kappa shape index (κ2) is 5.32. The number of benzene rings is 1. The molecule has 1 aromatic carbocycles. The fourth-order valence-electron chi connectivity index (χ4n) is 1.84. The standard InChI is InChI=1S/C14H14N4S/c1-18-9-12(11-5-3-2-4-6-11)17-14(18)19-10-13-15-7-8-16-13/h2-9H,10H2,1H3,(H,15,16). The van der Waals surface area contributed by atoms with Gasteiger partial charge in [0, 0.05) is 31.2 Å². The lowest BCUT2D eigenvalue weighted by atomic mass is 10.2. The maximum absolute atomic E-state index is 4.66. The largest absolute Gasteiger partial charge is 0.348 e. The molecular formula is C14H14N4S. The van der Waals surface area contributed by atoms with Gasteiger partial charge in [-0.05, 0) is 0 Å². The number of nitrogens with zero attached hydrogens (tertiary/aromatic N) is 3. The molecule has 5 heteroatoms. The number of hydrogen-bond acceptors (Lipinski definition) is 3. The highest BCUT2D eigenvalue weighted by molar-refractivity contribution is 7.98. The SMILES string of the molecule is Cn1cc(-c2ccccc2)nc1SCc1ncc[nH]1. The molecule has 0 saturated heterocycles. The van der Waals surface area contributed by atoms with E-state index in [1.807, 2.05) is 31.4 Å². The molecular weight excluding hydrogens is 256 g/mol. The van der Waals surface area contributed by atoms with Crippen LogP contribution in [0.5, 0.6) is 0 Å². The molecule has 0 saturated carbocycles. The zero-order chi connectivity index (χ0) is 13.1. The first-order valence-corrected chi connectivity index (χ1v) is 7.01. The zero-order valence-corrected chi connectivity index (χ0v) is 11.4. The van der Waals surface area contributed by atoms with Gasteiger partial charge in [0.2, 0.25) is 0 Å². The molecule has 4 nitrogen and oxygen atoms in total. The minimum atomic E-state index is 0.798. The predicted octanol–water partition coefficient (Wildman–Crippen LogP) is 3.10. The highest BCUT2D eigenvalue weighted by Gasteiger charge is 2.08. The minimum Gasteiger partial charge on any atom is -0.348 e. The van der Waals surface area contributed by atoms with Crippen molar-refractivity contribution in [1.29, 1.82) is 0 Å². The number of aromatic amines is 1. The Morgan fingerprint density at radius 3 is 2.84 bits per heavy atom. The van der Waals surface area contributed by atoms with E-state index in [4.69, 9.17) is 0 Å². The molecule has 3 aromatic rings. The topological polar surface area (TPSA) is 46.5 Å². The van der Waals surface area contributed by atoms with Crippen LogP contribution in [0.4, 0.5) is 0 Å². The van der Waals surface area contributed by atoms with Crippen molar-refractivity contribution >= 4 is 11.8 Å². The van der Waals surface area contributed by atoms with Crippen molar-refractivity contribution in [2.75, 3.05) is 0 Å². The summed E-state index contributed by atoms with van der Waals surface area (Å²) in [6, 6.07) is 10.2. The first-order chi connectivity index (χ1) is 9.33. The Labute approximate surface area is 115 Å². The summed E-state index contributed by atoms with van der Waals surface area (Å²) in [5, 5.41) is 0.996. The number of nitrogens with one attached hydrogen (secondary N) is 1. The van der Waals surface area contributed by atoms with E-state index < -0.39 is 0 Å². The Kier molecular flexibility index (Phi) is 3.37. The summed E-state index contributed by atoms with van der Waals surface area (Å²) in [5.41, 5.74) is 2.15. The molecule has 0 aliphatic carbocycles. The summed E-state index contributed by atoms with van der Waals surface area (Å²) >= 11 is 1.68. The van der Waals surface area contributed by atoms with Crippen molar-refractivity contribution in [3.8, 4) is 11.3 Å². The monoisotopic (exact) mass is 270 g/mol. The maximum Gasteiger partial charge on any atom is 0.168 e. The average Bonchev–Trinajstić information content (AvgIpc) is 3.07. The molecule has 0 fully saturated rings. The Morgan fingerprint density at radius 2 is 2.11 bits per heavy atom. The van der Waals surface area contributed by atoms with E-state index in [1.165, 1.54) is 0 Å². The van der Waals surface area contributed by atoms with E-state index in [2.05, 4.69) is 37.8 Å². The highest BCUT2D eigenvalue weighted by atomic mass is 32.2. The summed E-state index contributed by atoms with van der Waals surface area (Å²) in [4.78, 5) is 12.0. The smallest absolute Gasteiger partial charge is 0.168 e. The van der Waals surface area contributed by atoms with Gasteiger partial charge in [-0.3, -0.25) is 0 Å². The first kappa shape index (κ1) is 12.0. The molecule has 19 heavy (non-hydrogen) atoms. The van der Waals surface area contributed by atoms with Crippen molar-refractivity contribution < 1.29 is 0 Å². The van der Waals surface area contributed by atoms with Crippen molar-refractivity contribution in [2.45, 2.75) is 10.9 Å². The van der Waals surface area contributed by atoms with Gasteiger partial charge in [0.25, 0.3) is 0 Å². The molecule has 1 N–H and O–H groups in total. The number of H-pyrrole nitrogens is 1. The third-order valence-corrected chi connectivity index (χ3v) is 3.85. The van der Waals surface area contributed by atoms with Crippen LogP contribution in [0, 0.1) is 0 Å². The van der Waals surface area contributed by atoms with E-state index in [0.717, 1.165) is 28.0 Å². The maximum atomic E-state index is 4.66. The van der Waals surface area contributed by atoms with Gasteiger partial charge in [-0.15, -0.1) is 0 Å². The summed E-state index contributed by atoms with van der Waals surface area (Å²) in [6.07, 6.45) is 5.66. The van der Waals surface area contributed by atoms with E-state index in [-0.39, 0.29) is 0 Å². The lowest BCUT2D eigenvalue weighted by molar-refractivity contribution is 0.789. The fraction of sp³-hybridized carbons (Fsp3) is 0.143. The van der Waals surface area contributed by atoms with Crippen LogP contribution < -0.4 is 0 Å². The molecule has 0 radical (unpaired) electrons. The molecule has 0 amide bonds. The minimum absolute atomic E-state index is 0.798. The zero-order valence-electron chi connectivity index (χ0n) is 10.6. The number of aryl methyl sites for hydroxylation is 1. The second-order valence-corrected chi connectivity index (χ2v) is 5.15. The molecule has 2 aromatic heterocycles. The van der Waals surface area contributed by atoms with Crippen molar-refractivity contribution in [1.82, 2.24) is 19.5 Å². The summed E-state index contributed by atoms with van der Waals surface area (Å²) in [6.45, 7) is 0. The molecule has 3 rings (SSSR count). The van der Waals surface area contributed by atoms with Crippen LogP contribution in [0.2, 0.25) is 0 Å². The molecule has 0 atom stereocenters. The van der Waals surface area contributed by atoms with E-state index in [9.17, 15) is 0 Å². The molecule has 0 bridgehead atoms. The summed E-state index contributed by atoms with van der Waals surface area (Å²) in [5.74, 6) is 1.76. The first-order valence-electron chi connectivity index (χ1n) is 6.03. The van der Waals surface area contributed by atoms with Gasteiger partial charge in [0.15, 0.2) is 5.16 Å². The van der Waals surface area contributed by atoms with Crippen LogP contribution in [-0.4, -0.2) is 19.5 Å². The van der Waals surface area contributed by atoms with Crippen LogP contribution in [0.15, 0.2) is 54.1 Å². The van der Waals surface area contributed by atoms with Crippen LogP contribution in [0.25, 0.3) is 11.3 Å². The second-order valence-electron chi connectivity index (χ2n) is 4.21. The van der Waals surface area contributed by atoms with Crippen LogP contribution in [0.3, 0.4) is 0 Å². The van der Waals surface area contributed by atoms with Crippen LogP contribution in [0.1, 0.15) is 5.82 Å². The third-order valence-electron chi connectivity index (χ3n) is 2.80. The molecule has 0 unspecified atom stereocenters. The molecule has 0 aliphatic rings. The van der Waals surface area contributed by atoms with Gasteiger partial charge in [-0.25, -0.2) is 9.97 Å². The highest BCUT2D eigenvalue weighted by Crippen LogP contribution is 2.24. The van der Waals surface area contributed by atoms with E-state index in [1.54, 1.807) is 18.0 Å². The number of thioether (sulfide) groups is 1. The number of rotatable bonds is 4. The summed E-state index contributed by atoms with van der Waals surface area (Å²) in [7, 11) is 2.02.